The Morgan fingerprint density at radius 2 is 1.19 bits per heavy atom. The number of nitrogens with one attached hydrogen (secondary N) is 5. The summed E-state index contributed by atoms with van der Waals surface area (Å²) in [5, 5.41) is 21.1. The zero-order valence-electron chi connectivity index (χ0n) is 31.6. The SMILES string of the molecule is COC(=O)NC(C(=O)N1CCC[C@H]1C(=O)Nc1ccc2[nH]c(-c3ccc(NC(=O)[C@@H]4CCCN4C(=O)C(NC(=O)O)c4ccccc4)cc3)cc2c1)c1ccccc1. The summed E-state index contributed by atoms with van der Waals surface area (Å²) in [4.78, 5) is 84.4. The third-order valence-corrected chi connectivity index (χ3v) is 10.5. The Hall–Kier alpha value is -7.16. The lowest BCUT2D eigenvalue weighted by Crippen LogP contribution is -2.48. The Morgan fingerprint density at radius 1 is 0.672 bits per heavy atom. The second-order valence-electron chi connectivity index (χ2n) is 14.2. The van der Waals surface area contributed by atoms with Gasteiger partial charge in [-0.05, 0) is 78.8 Å². The summed E-state index contributed by atoms with van der Waals surface area (Å²) in [7, 11) is 1.22. The largest absolute Gasteiger partial charge is 0.465 e. The van der Waals surface area contributed by atoms with Crippen molar-refractivity contribution in [2.45, 2.75) is 49.9 Å². The van der Waals surface area contributed by atoms with Gasteiger partial charge in [-0.25, -0.2) is 9.59 Å². The van der Waals surface area contributed by atoms with Crippen LogP contribution in [0, 0.1) is 0 Å². The molecule has 2 fully saturated rings. The number of ether oxygens (including phenoxy) is 1. The molecule has 2 aliphatic heterocycles. The fourth-order valence-electron chi connectivity index (χ4n) is 7.65. The Balaban J connectivity index is 0.992. The van der Waals surface area contributed by atoms with Crippen molar-refractivity contribution in [1.29, 1.82) is 0 Å². The fraction of sp³-hybridized carbons (Fsp3) is 0.256. The molecule has 0 bridgehead atoms. The van der Waals surface area contributed by atoms with E-state index in [1.165, 1.54) is 16.9 Å². The topological polar surface area (TPSA) is 202 Å². The molecule has 298 valence electrons. The number of amides is 6. The molecule has 2 aliphatic rings. The molecule has 3 heterocycles. The van der Waals surface area contributed by atoms with Gasteiger partial charge in [0.15, 0.2) is 0 Å². The van der Waals surface area contributed by atoms with Crippen molar-refractivity contribution in [1.82, 2.24) is 25.4 Å². The van der Waals surface area contributed by atoms with Crippen molar-refractivity contribution in [2.75, 3.05) is 30.8 Å². The number of hydrogen-bond donors (Lipinski definition) is 6. The first-order valence-electron chi connectivity index (χ1n) is 19.0. The van der Waals surface area contributed by atoms with Crippen molar-refractivity contribution >= 4 is 58.1 Å². The molecule has 6 N–H and O–H groups in total. The summed E-state index contributed by atoms with van der Waals surface area (Å²) in [5.74, 6) is -1.58. The molecule has 58 heavy (non-hydrogen) atoms. The highest BCUT2D eigenvalue weighted by Gasteiger charge is 2.40. The predicted molar refractivity (Wildman–Crippen MR) is 216 cm³/mol. The molecule has 15 nitrogen and oxygen atoms in total. The first-order chi connectivity index (χ1) is 28.1. The lowest BCUT2D eigenvalue weighted by Gasteiger charge is -2.28. The third-order valence-electron chi connectivity index (χ3n) is 10.5. The van der Waals surface area contributed by atoms with Gasteiger partial charge in [0.05, 0.1) is 7.11 Å². The lowest BCUT2D eigenvalue weighted by molar-refractivity contribution is -0.138. The van der Waals surface area contributed by atoms with E-state index in [4.69, 9.17) is 4.74 Å². The Bertz CT molecular complexity index is 2320. The summed E-state index contributed by atoms with van der Waals surface area (Å²) in [5.41, 5.74) is 4.64. The second kappa shape index (κ2) is 17.3. The molecule has 2 saturated heterocycles. The van der Waals surface area contributed by atoms with Gasteiger partial charge < -0.3 is 45.9 Å². The number of alkyl carbamates (subject to hydrolysis) is 1. The molecule has 5 aromatic rings. The molecule has 0 spiro atoms. The van der Waals surface area contributed by atoms with Crippen molar-refractivity contribution in [3.05, 3.63) is 120 Å². The molecular formula is C43H43N7O8. The number of likely N-dealkylation sites (tertiary alicyclic amines) is 2. The van der Waals surface area contributed by atoms with E-state index in [1.807, 2.05) is 36.4 Å². The minimum Gasteiger partial charge on any atom is -0.465 e. The van der Waals surface area contributed by atoms with Gasteiger partial charge >= 0.3 is 12.2 Å². The molecule has 15 heteroatoms. The minimum atomic E-state index is -1.34. The van der Waals surface area contributed by atoms with Crippen LogP contribution in [0.2, 0.25) is 0 Å². The summed E-state index contributed by atoms with van der Waals surface area (Å²) in [6, 6.07) is 28.4. The molecule has 0 saturated carbocycles. The van der Waals surface area contributed by atoms with E-state index >= 15 is 0 Å². The van der Waals surface area contributed by atoms with E-state index in [0.29, 0.717) is 61.3 Å². The van der Waals surface area contributed by atoms with E-state index < -0.39 is 48.2 Å². The highest BCUT2D eigenvalue weighted by molar-refractivity contribution is 6.01. The highest BCUT2D eigenvalue weighted by Crippen LogP contribution is 2.30. The van der Waals surface area contributed by atoms with Crippen LogP contribution < -0.4 is 21.3 Å². The van der Waals surface area contributed by atoms with E-state index in [1.54, 1.807) is 72.8 Å². The number of carbonyl (C=O) groups excluding carboxylic acids is 5. The molecule has 1 aromatic heterocycles. The maximum absolute atomic E-state index is 13.8. The molecule has 4 atom stereocenters. The summed E-state index contributed by atoms with van der Waals surface area (Å²) in [6.07, 6.45) is 0.0657. The van der Waals surface area contributed by atoms with Crippen molar-refractivity contribution in [2.24, 2.45) is 0 Å². The van der Waals surface area contributed by atoms with E-state index in [0.717, 1.165) is 22.2 Å². The molecule has 0 aliphatic carbocycles. The number of H-pyrrole nitrogens is 1. The number of anilines is 2. The van der Waals surface area contributed by atoms with Crippen molar-refractivity contribution in [3.63, 3.8) is 0 Å². The van der Waals surface area contributed by atoms with Crippen LogP contribution in [0.1, 0.15) is 48.9 Å². The van der Waals surface area contributed by atoms with Gasteiger partial charge in [0.1, 0.15) is 24.2 Å². The van der Waals surface area contributed by atoms with Gasteiger partial charge in [-0.1, -0.05) is 72.8 Å². The molecular weight excluding hydrogens is 743 g/mol. The average molecular weight is 786 g/mol. The standard InChI is InChI=1S/C43H43N7O8/c1-58-43(57)48-37(28-12-6-3-7-13-28)41(54)50-23-9-15-35(50)39(52)45-31-20-21-32-29(24-31)25-33(46-32)26-16-18-30(19-17-26)44-38(51)34-14-8-22-49(34)40(53)36(47-42(55)56)27-10-4-2-5-11-27/h2-7,10-13,16-21,24-25,34-37,46-47H,8-9,14-15,22-23H2,1H3,(H,44,51)(H,45,52)(H,48,57)(H,55,56)/t34-,35-,36?,37?/m0/s1. The molecule has 2 unspecified atom stereocenters. The number of benzene rings is 4. The van der Waals surface area contributed by atoms with Crippen LogP contribution in [0.4, 0.5) is 21.0 Å². The Kier molecular flexibility index (Phi) is 11.7. The molecule has 6 amide bonds. The quantitative estimate of drug-likeness (QED) is 0.0964. The lowest BCUT2D eigenvalue weighted by atomic mass is 10.0. The average Bonchev–Trinajstić information content (AvgIpc) is 4.03. The normalized spacial score (nSPS) is 17.3. The Labute approximate surface area is 333 Å². The number of fused-ring (bicyclic) bond motifs is 1. The number of rotatable bonds is 11. The first-order valence-corrected chi connectivity index (χ1v) is 19.0. The third kappa shape index (κ3) is 8.63. The van der Waals surface area contributed by atoms with Gasteiger partial charge in [0.25, 0.3) is 11.8 Å². The van der Waals surface area contributed by atoms with Crippen LogP contribution in [0.15, 0.2) is 109 Å². The number of aromatic nitrogens is 1. The number of carboxylic acid groups (broad SMARTS) is 1. The number of aromatic amines is 1. The van der Waals surface area contributed by atoms with Crippen LogP contribution in [0.5, 0.6) is 0 Å². The van der Waals surface area contributed by atoms with E-state index in [2.05, 4.69) is 26.3 Å². The van der Waals surface area contributed by atoms with Crippen LogP contribution in [0.25, 0.3) is 22.2 Å². The van der Waals surface area contributed by atoms with E-state index in [9.17, 15) is 33.9 Å². The summed E-state index contributed by atoms with van der Waals surface area (Å²) in [6.45, 7) is 0.697. The minimum absolute atomic E-state index is 0.330. The van der Waals surface area contributed by atoms with Gasteiger partial charge in [-0.2, -0.15) is 0 Å². The van der Waals surface area contributed by atoms with Gasteiger partial charge in [-0.15, -0.1) is 0 Å². The predicted octanol–water partition coefficient (Wildman–Crippen LogP) is 5.80. The van der Waals surface area contributed by atoms with Crippen LogP contribution in [-0.2, 0) is 23.9 Å². The van der Waals surface area contributed by atoms with Gasteiger partial charge in [0, 0.05) is 41.1 Å². The van der Waals surface area contributed by atoms with Crippen molar-refractivity contribution in [3.8, 4) is 11.3 Å². The smallest absolute Gasteiger partial charge is 0.407 e. The van der Waals surface area contributed by atoms with Gasteiger partial charge in [0.2, 0.25) is 11.8 Å². The molecule has 0 radical (unpaired) electrons. The number of methoxy groups -OCH3 is 1. The van der Waals surface area contributed by atoms with E-state index in [-0.39, 0.29) is 11.8 Å². The molecule has 4 aromatic carbocycles. The maximum atomic E-state index is 13.8. The van der Waals surface area contributed by atoms with Gasteiger partial charge in [-0.3, -0.25) is 19.2 Å². The number of carbonyl (C=O) groups is 6. The second-order valence-corrected chi connectivity index (χ2v) is 14.2. The summed E-state index contributed by atoms with van der Waals surface area (Å²) < 4.78 is 4.76. The molecule has 7 rings (SSSR count). The monoisotopic (exact) mass is 785 g/mol. The fourth-order valence-corrected chi connectivity index (χ4v) is 7.65. The maximum Gasteiger partial charge on any atom is 0.407 e. The number of hydrogen-bond acceptors (Lipinski definition) is 7. The zero-order chi connectivity index (χ0) is 40.8. The first kappa shape index (κ1) is 39.1. The number of nitrogens with zero attached hydrogens (tertiary/aromatic N) is 2. The summed E-state index contributed by atoms with van der Waals surface area (Å²) >= 11 is 0. The van der Waals surface area contributed by atoms with Crippen LogP contribution in [-0.4, -0.2) is 88.0 Å². The Morgan fingerprint density at radius 3 is 1.72 bits per heavy atom. The zero-order valence-corrected chi connectivity index (χ0v) is 31.6. The highest BCUT2D eigenvalue weighted by atomic mass is 16.5. The van der Waals surface area contributed by atoms with Crippen LogP contribution in [0.3, 0.4) is 0 Å². The van der Waals surface area contributed by atoms with Crippen LogP contribution >= 0.6 is 0 Å². The van der Waals surface area contributed by atoms with Crippen molar-refractivity contribution < 1.29 is 38.6 Å².